The van der Waals surface area contributed by atoms with Crippen LogP contribution in [-0.2, 0) is 0 Å². The molecule has 1 aromatic carbocycles. The van der Waals surface area contributed by atoms with Crippen LogP contribution < -0.4 is 0 Å². The maximum atomic E-state index is 12.3. The number of hydrogen-bond acceptors (Lipinski definition) is 1. The molecule has 0 aliphatic carbocycles. The first-order valence-electron chi connectivity index (χ1n) is 8.36. The second-order valence-corrected chi connectivity index (χ2v) is 5.85. The van der Waals surface area contributed by atoms with E-state index in [1.54, 1.807) is 0 Å². The van der Waals surface area contributed by atoms with Crippen molar-refractivity contribution >= 4 is 5.78 Å². The summed E-state index contributed by atoms with van der Waals surface area (Å²) in [6, 6.07) is 9.74. The van der Waals surface area contributed by atoms with Crippen LogP contribution >= 0.6 is 0 Å². The maximum absolute atomic E-state index is 12.3. The van der Waals surface area contributed by atoms with Crippen LogP contribution in [0.5, 0.6) is 0 Å². The summed E-state index contributed by atoms with van der Waals surface area (Å²) >= 11 is 0. The molecule has 1 rings (SSSR count). The second kappa shape index (κ2) is 10.7. The Morgan fingerprint density at radius 3 is 2.25 bits per heavy atom. The van der Waals surface area contributed by atoms with Gasteiger partial charge in [0.2, 0.25) is 0 Å². The number of Topliss-reactive ketones (excluding diaryl/α,β-unsaturated/α-hetero) is 1. The lowest BCUT2D eigenvalue weighted by Crippen LogP contribution is -2.09. The summed E-state index contributed by atoms with van der Waals surface area (Å²) in [6.07, 6.45) is 10.9. The molecular formula is C19H30O. The summed E-state index contributed by atoms with van der Waals surface area (Å²) in [5.41, 5.74) is 0.875. The number of rotatable bonds is 11. The number of carbonyl (C=O) groups excluding carboxylic acids is 1. The van der Waals surface area contributed by atoms with E-state index in [1.165, 1.54) is 51.4 Å². The van der Waals surface area contributed by atoms with Crippen molar-refractivity contribution in [2.45, 2.75) is 71.6 Å². The topological polar surface area (TPSA) is 17.1 Å². The van der Waals surface area contributed by atoms with Crippen LogP contribution in [0, 0.1) is 5.92 Å². The monoisotopic (exact) mass is 274 g/mol. The molecular weight excluding hydrogens is 244 g/mol. The van der Waals surface area contributed by atoms with Crippen molar-refractivity contribution in [3.05, 3.63) is 35.9 Å². The van der Waals surface area contributed by atoms with Gasteiger partial charge in [-0.3, -0.25) is 4.79 Å². The molecule has 0 radical (unpaired) electrons. The fraction of sp³-hybridized carbons (Fsp3) is 0.632. The average Bonchev–Trinajstić information content (AvgIpc) is 2.48. The van der Waals surface area contributed by atoms with Crippen molar-refractivity contribution in [3.63, 3.8) is 0 Å². The highest BCUT2D eigenvalue weighted by Gasteiger charge is 2.14. The van der Waals surface area contributed by atoms with Gasteiger partial charge in [-0.1, -0.05) is 95.5 Å². The van der Waals surface area contributed by atoms with Crippen LogP contribution in [0.4, 0.5) is 0 Å². The van der Waals surface area contributed by atoms with E-state index < -0.39 is 0 Å². The Morgan fingerprint density at radius 2 is 1.60 bits per heavy atom. The minimum Gasteiger partial charge on any atom is -0.294 e. The summed E-state index contributed by atoms with van der Waals surface area (Å²) in [6.45, 7) is 4.47. The van der Waals surface area contributed by atoms with Gasteiger partial charge in [0, 0.05) is 12.0 Å². The lowest BCUT2D eigenvalue weighted by Gasteiger charge is -2.15. The summed E-state index contributed by atoms with van der Waals surface area (Å²) in [5.74, 6) is 0.895. The van der Waals surface area contributed by atoms with Crippen molar-refractivity contribution in [1.82, 2.24) is 0 Å². The molecule has 0 bridgehead atoms. The fourth-order valence-electron chi connectivity index (χ4n) is 2.80. The third-order valence-corrected chi connectivity index (χ3v) is 3.98. The highest BCUT2D eigenvalue weighted by atomic mass is 16.1. The van der Waals surface area contributed by atoms with E-state index in [9.17, 15) is 4.79 Å². The van der Waals surface area contributed by atoms with Crippen molar-refractivity contribution in [2.24, 2.45) is 5.92 Å². The fourth-order valence-corrected chi connectivity index (χ4v) is 2.80. The molecule has 0 N–H and O–H groups in total. The minimum atomic E-state index is 0.317. The summed E-state index contributed by atoms with van der Waals surface area (Å²) < 4.78 is 0. The van der Waals surface area contributed by atoms with E-state index in [4.69, 9.17) is 0 Å². The predicted molar refractivity (Wildman–Crippen MR) is 87.2 cm³/mol. The quantitative estimate of drug-likeness (QED) is 0.355. The van der Waals surface area contributed by atoms with Crippen LogP contribution in [-0.4, -0.2) is 5.78 Å². The lowest BCUT2D eigenvalue weighted by atomic mass is 9.89. The van der Waals surface area contributed by atoms with Gasteiger partial charge in [0.1, 0.15) is 0 Å². The summed E-state index contributed by atoms with van der Waals surface area (Å²) in [7, 11) is 0. The Morgan fingerprint density at radius 1 is 0.900 bits per heavy atom. The highest BCUT2D eigenvalue weighted by molar-refractivity contribution is 5.96. The predicted octanol–water partition coefficient (Wildman–Crippen LogP) is 6.04. The molecule has 0 saturated carbocycles. The number of benzene rings is 1. The highest BCUT2D eigenvalue weighted by Crippen LogP contribution is 2.22. The normalized spacial score (nSPS) is 12.3. The molecule has 1 unspecified atom stereocenters. The average molecular weight is 274 g/mol. The molecule has 112 valence electrons. The number of ketones is 1. The minimum absolute atomic E-state index is 0.317. The number of carbonyl (C=O) groups is 1. The molecule has 20 heavy (non-hydrogen) atoms. The molecule has 0 saturated heterocycles. The Kier molecular flexibility index (Phi) is 9.02. The first kappa shape index (κ1) is 16.9. The lowest BCUT2D eigenvalue weighted by molar-refractivity contribution is 0.0955. The van der Waals surface area contributed by atoms with Gasteiger partial charge in [0.25, 0.3) is 0 Å². The van der Waals surface area contributed by atoms with Crippen molar-refractivity contribution < 1.29 is 4.79 Å². The molecule has 0 aliphatic heterocycles. The summed E-state index contributed by atoms with van der Waals surface area (Å²) in [5, 5.41) is 0. The molecule has 1 atom stereocenters. The SMILES string of the molecule is CCCCCCCC(CCC)CC(=O)c1ccccc1. The molecule has 1 heteroatoms. The van der Waals surface area contributed by atoms with Crippen molar-refractivity contribution in [2.75, 3.05) is 0 Å². The van der Waals surface area contributed by atoms with Gasteiger partial charge >= 0.3 is 0 Å². The van der Waals surface area contributed by atoms with Gasteiger partial charge in [-0.05, 0) is 5.92 Å². The molecule has 0 heterocycles. The molecule has 1 nitrogen and oxygen atoms in total. The van der Waals surface area contributed by atoms with Crippen molar-refractivity contribution in [3.8, 4) is 0 Å². The Bertz CT molecular complexity index is 355. The van der Waals surface area contributed by atoms with Crippen LogP contribution in [0.15, 0.2) is 30.3 Å². The van der Waals surface area contributed by atoms with Crippen LogP contribution in [0.3, 0.4) is 0 Å². The van der Waals surface area contributed by atoms with Gasteiger partial charge in [-0.2, -0.15) is 0 Å². The number of unbranched alkanes of at least 4 members (excludes halogenated alkanes) is 4. The zero-order chi connectivity index (χ0) is 14.6. The van der Waals surface area contributed by atoms with E-state index in [2.05, 4.69) is 13.8 Å². The molecule has 0 aromatic heterocycles. The van der Waals surface area contributed by atoms with Crippen molar-refractivity contribution in [1.29, 1.82) is 0 Å². The first-order chi connectivity index (χ1) is 9.77. The smallest absolute Gasteiger partial charge is 0.163 e. The Hall–Kier alpha value is -1.11. The zero-order valence-electron chi connectivity index (χ0n) is 13.2. The molecule has 0 spiro atoms. The van der Waals surface area contributed by atoms with Gasteiger partial charge in [-0.15, -0.1) is 0 Å². The van der Waals surface area contributed by atoms with Crippen LogP contribution in [0.2, 0.25) is 0 Å². The molecule has 1 aromatic rings. The van der Waals surface area contributed by atoms with Gasteiger partial charge in [-0.25, -0.2) is 0 Å². The van der Waals surface area contributed by atoms with E-state index >= 15 is 0 Å². The number of hydrogen-bond donors (Lipinski definition) is 0. The Labute approximate surface area is 124 Å². The molecule has 0 aliphatic rings. The third-order valence-electron chi connectivity index (χ3n) is 3.98. The zero-order valence-corrected chi connectivity index (χ0v) is 13.2. The maximum Gasteiger partial charge on any atom is 0.163 e. The van der Waals surface area contributed by atoms with Crippen LogP contribution in [0.25, 0.3) is 0 Å². The summed E-state index contributed by atoms with van der Waals surface area (Å²) in [4.78, 5) is 12.3. The van der Waals surface area contributed by atoms with Gasteiger partial charge in [0.15, 0.2) is 5.78 Å². The molecule has 0 amide bonds. The van der Waals surface area contributed by atoms with E-state index in [1.807, 2.05) is 30.3 Å². The standard InChI is InChI=1S/C19H30O/c1-3-5-6-7-9-13-17(12-4-2)16-19(20)18-14-10-8-11-15-18/h8,10-11,14-15,17H,3-7,9,12-13,16H2,1-2H3. The second-order valence-electron chi connectivity index (χ2n) is 5.85. The van der Waals surface area contributed by atoms with E-state index in [-0.39, 0.29) is 0 Å². The van der Waals surface area contributed by atoms with E-state index in [0.717, 1.165) is 12.0 Å². The van der Waals surface area contributed by atoms with Gasteiger partial charge in [0.05, 0.1) is 0 Å². The van der Waals surface area contributed by atoms with E-state index in [0.29, 0.717) is 11.7 Å². The largest absolute Gasteiger partial charge is 0.294 e. The third kappa shape index (κ3) is 6.88. The first-order valence-corrected chi connectivity index (χ1v) is 8.36. The van der Waals surface area contributed by atoms with Gasteiger partial charge < -0.3 is 0 Å². The Balaban J connectivity index is 2.36. The molecule has 0 fully saturated rings. The van der Waals surface area contributed by atoms with Crippen LogP contribution in [0.1, 0.15) is 82.0 Å².